The highest BCUT2D eigenvalue weighted by Gasteiger charge is 2.40. The van der Waals surface area contributed by atoms with Crippen molar-refractivity contribution in [1.29, 1.82) is 0 Å². The average molecular weight is 471 g/mol. The number of amides is 2. The molecule has 2 heterocycles. The predicted molar refractivity (Wildman–Crippen MR) is 139 cm³/mol. The number of allylic oxidation sites excluding steroid dienone is 2. The Morgan fingerprint density at radius 1 is 0.853 bits per heavy atom. The summed E-state index contributed by atoms with van der Waals surface area (Å²) in [6.45, 7) is 12.5. The molecule has 4 aliphatic rings. The van der Waals surface area contributed by atoms with Gasteiger partial charge in [0.05, 0.1) is 0 Å². The van der Waals surface area contributed by atoms with Crippen LogP contribution in [0.3, 0.4) is 0 Å². The monoisotopic (exact) mass is 470 g/mol. The van der Waals surface area contributed by atoms with Crippen LogP contribution in [0.25, 0.3) is 0 Å². The number of likely N-dealkylation sites (tertiary alicyclic amines) is 2. The molecule has 4 nitrogen and oxygen atoms in total. The Morgan fingerprint density at radius 3 is 2.00 bits per heavy atom. The van der Waals surface area contributed by atoms with Crippen molar-refractivity contribution >= 4 is 11.8 Å². The molecule has 4 heteroatoms. The molecule has 0 aromatic rings. The van der Waals surface area contributed by atoms with Crippen molar-refractivity contribution in [3.05, 3.63) is 11.6 Å². The minimum Gasteiger partial charge on any atom is -0.342 e. The van der Waals surface area contributed by atoms with E-state index in [1.165, 1.54) is 57.8 Å². The van der Waals surface area contributed by atoms with Crippen molar-refractivity contribution in [3.8, 4) is 0 Å². The Hall–Kier alpha value is -1.32. The average Bonchev–Trinajstić information content (AvgIpc) is 2.85. The van der Waals surface area contributed by atoms with Crippen LogP contribution in [0.4, 0.5) is 0 Å². The molecule has 0 aromatic heterocycles. The molecule has 0 N–H and O–H groups in total. The van der Waals surface area contributed by atoms with Gasteiger partial charge < -0.3 is 9.80 Å². The summed E-state index contributed by atoms with van der Waals surface area (Å²) in [5.41, 5.74) is 2.07. The molecule has 2 aliphatic heterocycles. The second kappa shape index (κ2) is 11.2. The molecule has 1 atom stereocenters. The maximum atomic E-state index is 13.1. The second-order valence-electron chi connectivity index (χ2n) is 12.8. The smallest absolute Gasteiger partial charge is 0.226 e. The molecule has 2 amide bonds. The zero-order chi connectivity index (χ0) is 24.3. The van der Waals surface area contributed by atoms with Gasteiger partial charge in [0, 0.05) is 38.0 Å². The van der Waals surface area contributed by atoms with Crippen molar-refractivity contribution in [2.75, 3.05) is 26.2 Å². The third kappa shape index (κ3) is 6.08. The van der Waals surface area contributed by atoms with Crippen LogP contribution >= 0.6 is 0 Å². The molecule has 2 aliphatic carbocycles. The molecular formula is C30H50N2O2. The molecule has 1 unspecified atom stereocenters. The lowest BCUT2D eigenvalue weighted by Crippen LogP contribution is -2.46. The first-order chi connectivity index (χ1) is 16.3. The summed E-state index contributed by atoms with van der Waals surface area (Å²) < 4.78 is 0. The van der Waals surface area contributed by atoms with E-state index in [0.717, 1.165) is 57.3 Å². The highest BCUT2D eigenvalue weighted by atomic mass is 16.2. The number of hydrogen-bond acceptors (Lipinski definition) is 2. The molecule has 192 valence electrons. The summed E-state index contributed by atoms with van der Waals surface area (Å²) in [6, 6.07) is 0. The van der Waals surface area contributed by atoms with Crippen LogP contribution in [0.1, 0.15) is 105 Å². The zero-order valence-electron chi connectivity index (χ0n) is 22.5. The van der Waals surface area contributed by atoms with Gasteiger partial charge in [-0.25, -0.2) is 0 Å². The Labute approximate surface area is 208 Å². The normalized spacial score (nSPS) is 26.9. The standard InChI is InChI=1S/C30H50N2O2/c1-22(2)26-5-7-27(8-6-26)29(34)31-17-11-25(12-18-31)21-24-9-13-30(14-10-24)15-19-32(20-16-30)28(33)23(3)4/h5,22-25,27H,6-21H2,1-4H3. The summed E-state index contributed by atoms with van der Waals surface area (Å²) in [4.78, 5) is 29.7. The zero-order valence-corrected chi connectivity index (χ0v) is 22.5. The van der Waals surface area contributed by atoms with Crippen LogP contribution in [0.2, 0.25) is 0 Å². The largest absolute Gasteiger partial charge is 0.342 e. The van der Waals surface area contributed by atoms with E-state index in [1.807, 2.05) is 13.8 Å². The fourth-order valence-electron chi connectivity index (χ4n) is 7.31. The van der Waals surface area contributed by atoms with E-state index < -0.39 is 0 Å². The lowest BCUT2D eigenvalue weighted by molar-refractivity contribution is -0.138. The summed E-state index contributed by atoms with van der Waals surface area (Å²) in [6.07, 6.45) is 17.2. The molecular weight excluding hydrogens is 420 g/mol. The van der Waals surface area contributed by atoms with Crippen molar-refractivity contribution in [1.82, 2.24) is 9.80 Å². The predicted octanol–water partition coefficient (Wildman–Crippen LogP) is 6.45. The van der Waals surface area contributed by atoms with E-state index in [1.54, 1.807) is 5.57 Å². The number of carbonyl (C=O) groups excluding carboxylic acids is 2. The maximum Gasteiger partial charge on any atom is 0.226 e. The van der Waals surface area contributed by atoms with Gasteiger partial charge in [-0.05, 0) is 100 Å². The number of nitrogens with zero attached hydrogens (tertiary/aromatic N) is 2. The van der Waals surface area contributed by atoms with Crippen molar-refractivity contribution in [3.63, 3.8) is 0 Å². The molecule has 1 saturated carbocycles. The summed E-state index contributed by atoms with van der Waals surface area (Å²) in [5, 5.41) is 0. The second-order valence-corrected chi connectivity index (χ2v) is 12.8. The quantitative estimate of drug-likeness (QED) is 0.433. The van der Waals surface area contributed by atoms with Crippen molar-refractivity contribution in [2.24, 2.45) is 35.0 Å². The molecule has 3 fully saturated rings. The van der Waals surface area contributed by atoms with Crippen molar-refractivity contribution in [2.45, 2.75) is 105 Å². The van der Waals surface area contributed by atoms with Crippen LogP contribution < -0.4 is 0 Å². The summed E-state index contributed by atoms with van der Waals surface area (Å²) in [5.74, 6) is 3.45. The van der Waals surface area contributed by atoms with Gasteiger partial charge in [0.15, 0.2) is 0 Å². The third-order valence-electron chi connectivity index (χ3n) is 9.93. The Kier molecular flexibility index (Phi) is 8.46. The maximum absolute atomic E-state index is 13.1. The van der Waals surface area contributed by atoms with E-state index in [2.05, 4.69) is 29.7 Å². The van der Waals surface area contributed by atoms with Gasteiger partial charge in [-0.15, -0.1) is 0 Å². The van der Waals surface area contributed by atoms with Gasteiger partial charge in [0.1, 0.15) is 0 Å². The van der Waals surface area contributed by atoms with E-state index in [0.29, 0.717) is 23.1 Å². The summed E-state index contributed by atoms with van der Waals surface area (Å²) >= 11 is 0. The highest BCUT2D eigenvalue weighted by Crippen LogP contribution is 2.48. The van der Waals surface area contributed by atoms with Gasteiger partial charge in [-0.1, -0.05) is 39.3 Å². The summed E-state index contributed by atoms with van der Waals surface area (Å²) in [7, 11) is 0. The van der Waals surface area contributed by atoms with Gasteiger partial charge >= 0.3 is 0 Å². The first-order valence-electron chi connectivity index (χ1n) is 14.5. The van der Waals surface area contributed by atoms with Crippen LogP contribution in [0.15, 0.2) is 11.6 Å². The number of piperidine rings is 2. The fourth-order valence-corrected chi connectivity index (χ4v) is 7.31. The van der Waals surface area contributed by atoms with E-state index in [-0.39, 0.29) is 11.8 Å². The lowest BCUT2D eigenvalue weighted by atomic mass is 9.64. The van der Waals surface area contributed by atoms with Gasteiger partial charge in [0.2, 0.25) is 11.8 Å². The molecule has 1 spiro atoms. The van der Waals surface area contributed by atoms with E-state index >= 15 is 0 Å². The third-order valence-corrected chi connectivity index (χ3v) is 9.93. The highest BCUT2D eigenvalue weighted by molar-refractivity contribution is 5.79. The molecule has 0 radical (unpaired) electrons. The van der Waals surface area contributed by atoms with Crippen LogP contribution in [0, 0.1) is 35.0 Å². The molecule has 34 heavy (non-hydrogen) atoms. The molecule has 4 rings (SSSR count). The van der Waals surface area contributed by atoms with Gasteiger partial charge in [0.25, 0.3) is 0 Å². The Morgan fingerprint density at radius 2 is 1.47 bits per heavy atom. The molecule has 2 saturated heterocycles. The first-order valence-corrected chi connectivity index (χ1v) is 14.5. The van der Waals surface area contributed by atoms with Crippen LogP contribution in [-0.4, -0.2) is 47.8 Å². The molecule has 0 aromatic carbocycles. The van der Waals surface area contributed by atoms with Gasteiger partial charge in [-0.2, -0.15) is 0 Å². The van der Waals surface area contributed by atoms with Crippen molar-refractivity contribution < 1.29 is 9.59 Å². The van der Waals surface area contributed by atoms with E-state index in [4.69, 9.17) is 0 Å². The number of hydrogen-bond donors (Lipinski definition) is 0. The Balaban J connectivity index is 1.16. The number of rotatable bonds is 5. The first kappa shape index (κ1) is 25.8. The lowest BCUT2D eigenvalue weighted by Gasteiger charge is -2.47. The molecule has 0 bridgehead atoms. The van der Waals surface area contributed by atoms with Crippen LogP contribution in [0.5, 0.6) is 0 Å². The topological polar surface area (TPSA) is 40.6 Å². The number of carbonyl (C=O) groups is 2. The fraction of sp³-hybridized carbons (Fsp3) is 0.867. The van der Waals surface area contributed by atoms with Crippen LogP contribution in [-0.2, 0) is 9.59 Å². The minimum absolute atomic E-state index is 0.128. The SMILES string of the molecule is CC(C)C(=O)N1CCC2(CCC(CC3CCN(C(=O)C4CC=C(C(C)C)CC4)CC3)CC2)CC1. The minimum atomic E-state index is 0.128. The Bertz CT molecular complexity index is 729. The van der Waals surface area contributed by atoms with E-state index in [9.17, 15) is 9.59 Å². The van der Waals surface area contributed by atoms with Gasteiger partial charge in [-0.3, -0.25) is 9.59 Å².